The monoisotopic (exact) mass is 268 g/mol. The Kier molecular flexibility index (Phi) is 3.20. The first-order chi connectivity index (χ1) is 9.72. The maximum Gasteiger partial charge on any atom is 0.137 e. The summed E-state index contributed by atoms with van der Waals surface area (Å²) in [6.45, 7) is 2.75. The lowest BCUT2D eigenvalue weighted by Crippen LogP contribution is -2.01. The van der Waals surface area contributed by atoms with E-state index >= 15 is 0 Å². The molecule has 0 aliphatic carbocycles. The topological polar surface area (TPSA) is 60.6 Å². The first-order valence-corrected chi connectivity index (χ1v) is 6.40. The van der Waals surface area contributed by atoms with Gasteiger partial charge in [0.1, 0.15) is 12.1 Å². The zero-order valence-corrected chi connectivity index (χ0v) is 11.5. The van der Waals surface area contributed by atoms with Gasteiger partial charge in [-0.1, -0.05) is 0 Å². The summed E-state index contributed by atoms with van der Waals surface area (Å²) in [6.07, 6.45) is 9.18. The molecule has 0 aliphatic heterocycles. The van der Waals surface area contributed by atoms with Crippen LogP contribution in [0.1, 0.15) is 11.3 Å². The highest BCUT2D eigenvalue weighted by atomic mass is 15.2. The van der Waals surface area contributed by atoms with E-state index in [-0.39, 0.29) is 0 Å². The lowest BCUT2D eigenvalue weighted by atomic mass is 10.2. The maximum absolute atomic E-state index is 4.40. The fourth-order valence-electron chi connectivity index (χ4n) is 2.06. The SMILES string of the molecule is Cc1nn(C)cc1CNc1ccc(-n2ccnc2)nc1. The second-order valence-electron chi connectivity index (χ2n) is 4.64. The van der Waals surface area contributed by atoms with Gasteiger partial charge in [-0.05, 0) is 19.1 Å². The molecule has 102 valence electrons. The molecule has 20 heavy (non-hydrogen) atoms. The van der Waals surface area contributed by atoms with Gasteiger partial charge in [-0.2, -0.15) is 5.10 Å². The molecule has 0 atom stereocenters. The van der Waals surface area contributed by atoms with Crippen LogP contribution in [0.3, 0.4) is 0 Å². The number of nitrogens with zero attached hydrogens (tertiary/aromatic N) is 5. The average Bonchev–Trinajstić information content (AvgIpc) is 3.07. The highest BCUT2D eigenvalue weighted by Gasteiger charge is 2.03. The van der Waals surface area contributed by atoms with Crippen LogP contribution >= 0.6 is 0 Å². The van der Waals surface area contributed by atoms with Gasteiger partial charge in [0.05, 0.1) is 17.6 Å². The summed E-state index contributed by atoms with van der Waals surface area (Å²) in [4.78, 5) is 8.41. The molecule has 3 aromatic rings. The van der Waals surface area contributed by atoms with Gasteiger partial charge < -0.3 is 5.32 Å². The molecule has 6 nitrogen and oxygen atoms in total. The van der Waals surface area contributed by atoms with Crippen LogP contribution in [0, 0.1) is 6.92 Å². The minimum atomic E-state index is 0.742. The number of nitrogens with one attached hydrogen (secondary N) is 1. The molecular formula is C14H16N6. The maximum atomic E-state index is 4.40. The van der Waals surface area contributed by atoms with Gasteiger partial charge in [0.2, 0.25) is 0 Å². The van der Waals surface area contributed by atoms with Crippen LogP contribution in [0.4, 0.5) is 5.69 Å². The Morgan fingerprint density at radius 3 is 2.80 bits per heavy atom. The van der Waals surface area contributed by atoms with Crippen molar-refractivity contribution in [3.05, 3.63) is 54.5 Å². The summed E-state index contributed by atoms with van der Waals surface area (Å²) >= 11 is 0. The minimum absolute atomic E-state index is 0.742. The van der Waals surface area contributed by atoms with Crippen molar-refractivity contribution in [1.82, 2.24) is 24.3 Å². The molecule has 0 unspecified atom stereocenters. The molecular weight excluding hydrogens is 252 g/mol. The number of aryl methyl sites for hydroxylation is 2. The molecule has 0 aliphatic rings. The van der Waals surface area contributed by atoms with Crippen LogP contribution in [-0.2, 0) is 13.6 Å². The lowest BCUT2D eigenvalue weighted by molar-refractivity contribution is 0.756. The van der Waals surface area contributed by atoms with Gasteiger partial charge in [-0.15, -0.1) is 0 Å². The van der Waals surface area contributed by atoms with E-state index in [2.05, 4.69) is 20.4 Å². The highest BCUT2D eigenvalue weighted by molar-refractivity contribution is 5.44. The van der Waals surface area contributed by atoms with Crippen LogP contribution < -0.4 is 5.32 Å². The molecule has 3 aromatic heterocycles. The Labute approximate surface area is 117 Å². The third kappa shape index (κ3) is 2.54. The number of imidazole rings is 1. The second-order valence-corrected chi connectivity index (χ2v) is 4.64. The average molecular weight is 268 g/mol. The number of anilines is 1. The van der Waals surface area contributed by atoms with Gasteiger partial charge in [0.25, 0.3) is 0 Å². The van der Waals surface area contributed by atoms with Gasteiger partial charge in [0.15, 0.2) is 0 Å². The Morgan fingerprint density at radius 1 is 1.30 bits per heavy atom. The van der Waals surface area contributed by atoms with E-state index < -0.39 is 0 Å². The highest BCUT2D eigenvalue weighted by Crippen LogP contribution is 2.12. The predicted molar refractivity (Wildman–Crippen MR) is 76.6 cm³/mol. The van der Waals surface area contributed by atoms with Crippen molar-refractivity contribution in [2.75, 3.05) is 5.32 Å². The standard InChI is InChI=1S/C14H16N6/c1-11-12(9-19(2)18-11)7-16-13-3-4-14(17-8-13)20-6-5-15-10-20/h3-6,8-10,16H,7H2,1-2H3. The lowest BCUT2D eigenvalue weighted by Gasteiger charge is -2.06. The van der Waals surface area contributed by atoms with Crippen molar-refractivity contribution in [2.45, 2.75) is 13.5 Å². The molecule has 0 fully saturated rings. The number of pyridine rings is 1. The van der Waals surface area contributed by atoms with E-state index in [9.17, 15) is 0 Å². The first kappa shape index (κ1) is 12.4. The molecule has 0 aromatic carbocycles. The van der Waals surface area contributed by atoms with Crippen LogP contribution in [0.25, 0.3) is 5.82 Å². The van der Waals surface area contributed by atoms with E-state index in [1.807, 2.05) is 53.9 Å². The molecule has 0 saturated heterocycles. The Bertz CT molecular complexity index is 681. The summed E-state index contributed by atoms with van der Waals surface area (Å²) in [5.41, 5.74) is 3.21. The molecule has 0 saturated carbocycles. The zero-order valence-electron chi connectivity index (χ0n) is 11.5. The molecule has 3 heterocycles. The van der Waals surface area contributed by atoms with Crippen molar-refractivity contribution >= 4 is 5.69 Å². The molecule has 6 heteroatoms. The third-order valence-electron chi connectivity index (χ3n) is 3.11. The molecule has 1 N–H and O–H groups in total. The predicted octanol–water partition coefficient (Wildman–Crippen LogP) is 1.92. The Hall–Kier alpha value is -2.63. The number of rotatable bonds is 4. The smallest absolute Gasteiger partial charge is 0.137 e. The summed E-state index contributed by atoms with van der Waals surface area (Å²) in [6, 6.07) is 3.97. The van der Waals surface area contributed by atoms with E-state index in [0.29, 0.717) is 0 Å². The molecule has 0 spiro atoms. The second kappa shape index (κ2) is 5.16. The molecule has 3 rings (SSSR count). The van der Waals surface area contributed by atoms with Crippen LogP contribution in [0.15, 0.2) is 43.2 Å². The summed E-state index contributed by atoms with van der Waals surface area (Å²) in [7, 11) is 1.93. The quantitative estimate of drug-likeness (QED) is 0.785. The van der Waals surface area contributed by atoms with Crippen molar-refractivity contribution in [3.8, 4) is 5.82 Å². The van der Waals surface area contributed by atoms with Crippen molar-refractivity contribution in [1.29, 1.82) is 0 Å². The Balaban J connectivity index is 1.68. The summed E-state index contributed by atoms with van der Waals surface area (Å²) < 4.78 is 3.70. The van der Waals surface area contributed by atoms with Gasteiger partial charge >= 0.3 is 0 Å². The fourth-order valence-corrected chi connectivity index (χ4v) is 2.06. The van der Waals surface area contributed by atoms with Crippen molar-refractivity contribution in [3.63, 3.8) is 0 Å². The number of hydrogen-bond donors (Lipinski definition) is 1. The van der Waals surface area contributed by atoms with Gasteiger partial charge in [-0.25, -0.2) is 9.97 Å². The first-order valence-electron chi connectivity index (χ1n) is 6.40. The number of hydrogen-bond acceptors (Lipinski definition) is 4. The van der Waals surface area contributed by atoms with E-state index in [4.69, 9.17) is 0 Å². The van der Waals surface area contributed by atoms with E-state index in [0.717, 1.165) is 23.7 Å². The van der Waals surface area contributed by atoms with Crippen LogP contribution in [-0.4, -0.2) is 24.3 Å². The fraction of sp³-hybridized carbons (Fsp3) is 0.214. The molecule has 0 amide bonds. The van der Waals surface area contributed by atoms with Gasteiger partial charge in [0, 0.05) is 37.7 Å². The normalized spacial score (nSPS) is 10.7. The summed E-state index contributed by atoms with van der Waals surface area (Å²) in [5, 5.41) is 7.67. The van der Waals surface area contributed by atoms with Crippen molar-refractivity contribution in [2.24, 2.45) is 7.05 Å². The Morgan fingerprint density at radius 2 is 2.20 bits per heavy atom. The number of aromatic nitrogens is 5. The zero-order chi connectivity index (χ0) is 13.9. The van der Waals surface area contributed by atoms with Gasteiger partial charge in [-0.3, -0.25) is 9.25 Å². The van der Waals surface area contributed by atoms with E-state index in [1.54, 1.807) is 12.5 Å². The molecule has 0 radical (unpaired) electrons. The van der Waals surface area contributed by atoms with E-state index in [1.165, 1.54) is 5.56 Å². The summed E-state index contributed by atoms with van der Waals surface area (Å²) in [5.74, 6) is 0.852. The largest absolute Gasteiger partial charge is 0.380 e. The van der Waals surface area contributed by atoms with Crippen LogP contribution in [0.5, 0.6) is 0 Å². The minimum Gasteiger partial charge on any atom is -0.380 e. The van der Waals surface area contributed by atoms with Crippen molar-refractivity contribution < 1.29 is 0 Å². The van der Waals surface area contributed by atoms with Crippen LogP contribution in [0.2, 0.25) is 0 Å². The third-order valence-corrected chi connectivity index (χ3v) is 3.11. The molecule has 0 bridgehead atoms.